The third-order valence-electron chi connectivity index (χ3n) is 3.30. The molecule has 0 aliphatic carbocycles. The quantitative estimate of drug-likeness (QED) is 0.389. The Kier molecular flexibility index (Phi) is 8.93. The summed E-state index contributed by atoms with van der Waals surface area (Å²) in [6.07, 6.45) is 10.5. The van der Waals surface area contributed by atoms with E-state index in [0.29, 0.717) is 6.42 Å². The van der Waals surface area contributed by atoms with Crippen LogP contribution >= 0.6 is 0 Å². The predicted octanol–water partition coefficient (Wildman–Crippen LogP) is 3.98. The van der Waals surface area contributed by atoms with Gasteiger partial charge in [-0.05, 0) is 36.2 Å². The predicted molar refractivity (Wildman–Crippen MR) is 86.5 cm³/mol. The van der Waals surface area contributed by atoms with Crippen molar-refractivity contribution in [1.29, 1.82) is 0 Å². The number of hydrogen-bond donors (Lipinski definition) is 2. The molecular weight excluding hydrogens is 264 g/mol. The molecule has 0 saturated carbocycles. The minimum Gasteiger partial charge on any atom is -0.508 e. The van der Waals surface area contributed by atoms with E-state index in [2.05, 4.69) is 17.5 Å². The fraction of sp³-hybridized carbons (Fsp3) is 0.529. The number of rotatable bonds is 10. The summed E-state index contributed by atoms with van der Waals surface area (Å²) in [5.41, 5.74) is 3.36. The van der Waals surface area contributed by atoms with Crippen molar-refractivity contribution in [3.05, 3.63) is 29.8 Å². The summed E-state index contributed by atoms with van der Waals surface area (Å²) in [5, 5.41) is 13.0. The lowest BCUT2D eigenvalue weighted by molar-refractivity contribution is -0.121. The van der Waals surface area contributed by atoms with Gasteiger partial charge in [-0.15, -0.1) is 0 Å². The number of phenols is 1. The standard InChI is InChI=1S/C17H26N2O2/c1-2-3-4-5-6-7-8-9-17(21)19-18-14-15-10-12-16(20)13-11-15/h10-14,20H,2-9H2,1H3,(H,19,21). The normalized spacial score (nSPS) is 10.9. The maximum atomic E-state index is 11.6. The van der Waals surface area contributed by atoms with Crippen LogP contribution in [0.2, 0.25) is 0 Å². The van der Waals surface area contributed by atoms with E-state index in [4.69, 9.17) is 5.11 Å². The van der Waals surface area contributed by atoms with Crippen LogP contribution in [-0.4, -0.2) is 17.2 Å². The number of benzene rings is 1. The molecule has 1 aromatic rings. The first-order valence-corrected chi connectivity index (χ1v) is 7.83. The van der Waals surface area contributed by atoms with Crippen LogP contribution in [0.1, 0.15) is 63.9 Å². The molecule has 0 aliphatic rings. The van der Waals surface area contributed by atoms with Crippen LogP contribution in [0.5, 0.6) is 5.75 Å². The number of phenolic OH excluding ortho intramolecular Hbond substituents is 1. The summed E-state index contributed by atoms with van der Waals surface area (Å²) in [4.78, 5) is 11.6. The van der Waals surface area contributed by atoms with E-state index < -0.39 is 0 Å². The van der Waals surface area contributed by atoms with Crippen LogP contribution < -0.4 is 5.43 Å². The highest BCUT2D eigenvalue weighted by Gasteiger charge is 1.99. The largest absolute Gasteiger partial charge is 0.508 e. The van der Waals surface area contributed by atoms with Crippen molar-refractivity contribution in [2.45, 2.75) is 58.3 Å². The van der Waals surface area contributed by atoms with E-state index >= 15 is 0 Å². The zero-order valence-electron chi connectivity index (χ0n) is 12.8. The number of unbranched alkanes of at least 4 members (excludes halogenated alkanes) is 6. The van der Waals surface area contributed by atoms with Crippen LogP contribution in [0.4, 0.5) is 0 Å². The molecule has 0 heterocycles. The van der Waals surface area contributed by atoms with Gasteiger partial charge in [0.15, 0.2) is 0 Å². The lowest BCUT2D eigenvalue weighted by Gasteiger charge is -2.01. The summed E-state index contributed by atoms with van der Waals surface area (Å²) in [6, 6.07) is 6.64. The summed E-state index contributed by atoms with van der Waals surface area (Å²) in [6.45, 7) is 2.21. The molecule has 0 atom stereocenters. The highest BCUT2D eigenvalue weighted by atomic mass is 16.3. The molecule has 0 fully saturated rings. The molecule has 0 aromatic heterocycles. The Morgan fingerprint density at radius 2 is 1.71 bits per heavy atom. The van der Waals surface area contributed by atoms with Crippen LogP contribution in [0, 0.1) is 0 Å². The number of hydrazone groups is 1. The second-order valence-electron chi connectivity index (χ2n) is 5.26. The Balaban J connectivity index is 2.07. The molecule has 0 unspecified atom stereocenters. The monoisotopic (exact) mass is 290 g/mol. The summed E-state index contributed by atoms with van der Waals surface area (Å²) in [7, 11) is 0. The van der Waals surface area contributed by atoms with Crippen molar-refractivity contribution in [2.24, 2.45) is 5.10 Å². The number of nitrogens with one attached hydrogen (secondary N) is 1. The van der Waals surface area contributed by atoms with Crippen LogP contribution in [-0.2, 0) is 4.79 Å². The second kappa shape index (κ2) is 10.9. The third-order valence-corrected chi connectivity index (χ3v) is 3.30. The minimum atomic E-state index is -0.0430. The molecule has 0 spiro atoms. The average Bonchev–Trinajstić information content (AvgIpc) is 2.48. The van der Waals surface area contributed by atoms with E-state index in [1.807, 2.05) is 0 Å². The Morgan fingerprint density at radius 1 is 1.10 bits per heavy atom. The van der Waals surface area contributed by atoms with Gasteiger partial charge in [0.1, 0.15) is 5.75 Å². The molecule has 4 nitrogen and oxygen atoms in total. The highest BCUT2D eigenvalue weighted by molar-refractivity contribution is 5.82. The maximum absolute atomic E-state index is 11.6. The molecule has 0 radical (unpaired) electrons. The topological polar surface area (TPSA) is 61.7 Å². The fourth-order valence-corrected chi connectivity index (χ4v) is 2.04. The first kappa shape index (κ1) is 17.2. The molecule has 1 amide bonds. The van der Waals surface area contributed by atoms with Crippen molar-refractivity contribution < 1.29 is 9.90 Å². The van der Waals surface area contributed by atoms with Crippen molar-refractivity contribution in [3.63, 3.8) is 0 Å². The number of carbonyl (C=O) groups is 1. The van der Waals surface area contributed by atoms with E-state index in [9.17, 15) is 4.79 Å². The molecule has 2 N–H and O–H groups in total. The van der Waals surface area contributed by atoms with Gasteiger partial charge in [0.25, 0.3) is 0 Å². The van der Waals surface area contributed by atoms with Gasteiger partial charge < -0.3 is 5.11 Å². The summed E-state index contributed by atoms with van der Waals surface area (Å²) < 4.78 is 0. The number of hydrogen-bond acceptors (Lipinski definition) is 3. The van der Waals surface area contributed by atoms with Gasteiger partial charge in [-0.3, -0.25) is 4.79 Å². The smallest absolute Gasteiger partial charge is 0.240 e. The molecule has 21 heavy (non-hydrogen) atoms. The van der Waals surface area contributed by atoms with Crippen LogP contribution in [0.15, 0.2) is 29.4 Å². The van der Waals surface area contributed by atoms with E-state index in [1.165, 1.54) is 32.1 Å². The summed E-state index contributed by atoms with van der Waals surface area (Å²) in [5.74, 6) is 0.175. The van der Waals surface area contributed by atoms with Crippen molar-refractivity contribution >= 4 is 12.1 Å². The van der Waals surface area contributed by atoms with Crippen molar-refractivity contribution in [3.8, 4) is 5.75 Å². The Labute approximate surface area is 127 Å². The molecule has 4 heteroatoms. The highest BCUT2D eigenvalue weighted by Crippen LogP contribution is 2.09. The van der Waals surface area contributed by atoms with Crippen molar-refractivity contribution in [2.75, 3.05) is 0 Å². The van der Waals surface area contributed by atoms with Gasteiger partial charge in [-0.1, -0.05) is 45.4 Å². The minimum absolute atomic E-state index is 0.0430. The Bertz CT molecular complexity index is 427. The van der Waals surface area contributed by atoms with E-state index in [0.717, 1.165) is 18.4 Å². The zero-order valence-corrected chi connectivity index (χ0v) is 12.8. The number of amides is 1. The number of carbonyl (C=O) groups excluding carboxylic acids is 1. The average molecular weight is 290 g/mol. The maximum Gasteiger partial charge on any atom is 0.240 e. The second-order valence-corrected chi connectivity index (χ2v) is 5.26. The SMILES string of the molecule is CCCCCCCCCC(=O)NN=Cc1ccc(O)cc1. The molecule has 1 rings (SSSR count). The summed E-state index contributed by atoms with van der Waals surface area (Å²) >= 11 is 0. The van der Waals surface area contributed by atoms with Gasteiger partial charge in [-0.25, -0.2) is 5.43 Å². The van der Waals surface area contributed by atoms with E-state index in [1.54, 1.807) is 30.5 Å². The molecule has 1 aromatic carbocycles. The first-order valence-electron chi connectivity index (χ1n) is 7.83. The van der Waals surface area contributed by atoms with E-state index in [-0.39, 0.29) is 11.7 Å². The molecule has 0 bridgehead atoms. The lowest BCUT2D eigenvalue weighted by Crippen LogP contribution is -2.16. The molecule has 0 aliphatic heterocycles. The van der Waals surface area contributed by atoms with Crippen LogP contribution in [0.3, 0.4) is 0 Å². The van der Waals surface area contributed by atoms with Gasteiger partial charge in [0.05, 0.1) is 6.21 Å². The molecule has 116 valence electrons. The lowest BCUT2D eigenvalue weighted by atomic mass is 10.1. The zero-order chi connectivity index (χ0) is 15.3. The molecular formula is C17H26N2O2. The Morgan fingerprint density at radius 3 is 2.38 bits per heavy atom. The third kappa shape index (κ3) is 8.84. The number of nitrogens with zero attached hydrogens (tertiary/aromatic N) is 1. The van der Waals surface area contributed by atoms with Gasteiger partial charge in [0.2, 0.25) is 5.91 Å². The molecule has 0 saturated heterocycles. The van der Waals surface area contributed by atoms with Crippen molar-refractivity contribution in [1.82, 2.24) is 5.43 Å². The van der Waals surface area contributed by atoms with Gasteiger partial charge >= 0.3 is 0 Å². The Hall–Kier alpha value is -1.84. The van der Waals surface area contributed by atoms with Crippen LogP contribution in [0.25, 0.3) is 0 Å². The first-order chi connectivity index (χ1) is 10.2. The van der Waals surface area contributed by atoms with Gasteiger partial charge in [0, 0.05) is 6.42 Å². The fourth-order valence-electron chi connectivity index (χ4n) is 2.04. The van der Waals surface area contributed by atoms with Gasteiger partial charge in [-0.2, -0.15) is 5.10 Å². The number of aromatic hydroxyl groups is 1.